The average molecular weight is 363 g/mol. The summed E-state index contributed by atoms with van der Waals surface area (Å²) in [5.41, 5.74) is 3.56. The fraction of sp³-hybridized carbons (Fsp3) is 0.150. The van der Waals surface area contributed by atoms with Crippen molar-refractivity contribution in [1.29, 1.82) is 0 Å². The molecule has 0 spiro atoms. The zero-order valence-electron chi connectivity index (χ0n) is 14.1. The number of halogens is 1. The second kappa shape index (κ2) is 6.66. The molecule has 1 aliphatic heterocycles. The van der Waals surface area contributed by atoms with E-state index in [1.807, 2.05) is 24.3 Å². The van der Waals surface area contributed by atoms with Crippen LogP contribution in [0.2, 0.25) is 0 Å². The fourth-order valence-corrected chi connectivity index (χ4v) is 3.43. The number of rotatable bonds is 2. The first-order valence-corrected chi connectivity index (χ1v) is 8.58. The highest BCUT2D eigenvalue weighted by molar-refractivity contribution is 6.32. The molecule has 1 N–H and O–H groups in total. The molecule has 4 rings (SSSR count). The molecule has 0 unspecified atom stereocenters. The van der Waals surface area contributed by atoms with E-state index >= 15 is 0 Å². The third-order valence-electron chi connectivity index (χ3n) is 4.28. The lowest BCUT2D eigenvalue weighted by Gasteiger charge is -2.23. The van der Waals surface area contributed by atoms with Gasteiger partial charge in [-0.15, -0.1) is 0 Å². The summed E-state index contributed by atoms with van der Waals surface area (Å²) in [7, 11) is 0. The Bertz CT molecular complexity index is 1070. The highest BCUT2D eigenvalue weighted by Crippen LogP contribution is 2.38. The largest absolute Gasteiger partial charge is 0.322 e. The maximum absolute atomic E-state index is 11.7. The molecule has 1 aromatic carbocycles. The number of anilines is 2. The molecule has 2 aliphatic rings. The Labute approximate surface area is 156 Å². The van der Waals surface area contributed by atoms with E-state index in [0.29, 0.717) is 12.2 Å². The quantitative estimate of drug-likeness (QED) is 0.827. The van der Waals surface area contributed by atoms with Crippen molar-refractivity contribution in [2.75, 3.05) is 16.8 Å². The smallest absolute Gasteiger partial charge is 0.300 e. The summed E-state index contributed by atoms with van der Waals surface area (Å²) in [4.78, 5) is 22.7. The number of nitrogens with one attached hydrogen (secondary N) is 1. The Morgan fingerprint density at radius 2 is 2.15 bits per heavy atom. The monoisotopic (exact) mass is 362 g/mol. The van der Waals surface area contributed by atoms with E-state index in [2.05, 4.69) is 44.2 Å². The van der Waals surface area contributed by atoms with E-state index in [1.165, 1.54) is 0 Å². The van der Waals surface area contributed by atoms with Gasteiger partial charge in [-0.2, -0.15) is 0 Å². The van der Waals surface area contributed by atoms with Crippen molar-refractivity contribution in [2.45, 2.75) is 13.3 Å². The number of carbonyl (C=O) groups is 1. The number of hydrogen-bond donors (Lipinski definition) is 1. The van der Waals surface area contributed by atoms with Gasteiger partial charge >= 0.3 is 0 Å². The fourth-order valence-electron chi connectivity index (χ4n) is 3.17. The van der Waals surface area contributed by atoms with Crippen LogP contribution in [0.4, 0.5) is 11.5 Å². The second-order valence-electron chi connectivity index (χ2n) is 5.86. The Hall–Kier alpha value is -3.10. The van der Waals surface area contributed by atoms with Crippen LogP contribution in [0.15, 0.2) is 59.1 Å². The first-order valence-electron chi connectivity index (χ1n) is 8.20. The summed E-state index contributed by atoms with van der Waals surface area (Å²) in [6.45, 7) is 2.32. The predicted octanol–water partition coefficient (Wildman–Crippen LogP) is 3.75. The van der Waals surface area contributed by atoms with Gasteiger partial charge in [0.15, 0.2) is 0 Å². The van der Waals surface area contributed by atoms with Crippen molar-refractivity contribution in [3.05, 3.63) is 59.1 Å². The normalized spacial score (nSPS) is 15.5. The lowest BCUT2D eigenvalue weighted by molar-refractivity contribution is -0.111. The molecule has 128 valence electrons. The van der Waals surface area contributed by atoms with Gasteiger partial charge in [-0.25, -0.2) is 9.97 Å². The predicted molar refractivity (Wildman–Crippen MR) is 104 cm³/mol. The molecule has 1 aromatic heterocycles. The lowest BCUT2D eigenvalue weighted by Crippen LogP contribution is -2.20. The number of benzene rings is 1. The van der Waals surface area contributed by atoms with Crippen LogP contribution in [0.5, 0.6) is 0 Å². The highest BCUT2D eigenvalue weighted by atomic mass is 35.5. The van der Waals surface area contributed by atoms with Crippen LogP contribution in [0.1, 0.15) is 13.3 Å². The number of allylic oxidation sites excluding steroid dienone is 3. The number of aromatic nitrogens is 2. The van der Waals surface area contributed by atoms with Crippen molar-refractivity contribution < 1.29 is 4.79 Å². The van der Waals surface area contributed by atoms with Gasteiger partial charge < -0.3 is 10.2 Å². The molecule has 5 nitrogen and oxygen atoms in total. The van der Waals surface area contributed by atoms with Gasteiger partial charge in [0.1, 0.15) is 12.1 Å². The molecule has 0 saturated heterocycles. The standard InChI is InChI=1S/C20H15ClN4O/c1-2-4-19(26)24-13-7-8-17-15(11-13)20(23-12-22-17)25-10-9-14-16(21)5-3-6-18(14)25/h5-9,11-12H,3,10H2,1H3,(H,24,26). The topological polar surface area (TPSA) is 58.1 Å². The second-order valence-corrected chi connectivity index (χ2v) is 6.27. The van der Waals surface area contributed by atoms with Crippen LogP contribution in [0, 0.1) is 11.8 Å². The summed E-state index contributed by atoms with van der Waals surface area (Å²) in [6, 6.07) is 5.54. The van der Waals surface area contributed by atoms with Gasteiger partial charge in [-0.05, 0) is 37.5 Å². The Morgan fingerprint density at radius 3 is 3.00 bits per heavy atom. The maximum atomic E-state index is 11.7. The van der Waals surface area contributed by atoms with E-state index in [-0.39, 0.29) is 5.91 Å². The number of hydrogen-bond acceptors (Lipinski definition) is 4. The van der Waals surface area contributed by atoms with Crippen molar-refractivity contribution >= 4 is 39.9 Å². The third-order valence-corrected chi connectivity index (χ3v) is 4.63. The molecule has 2 aromatic rings. The molecule has 0 radical (unpaired) electrons. The number of nitrogens with zero attached hydrogens (tertiary/aromatic N) is 3. The van der Waals surface area contributed by atoms with Crippen molar-refractivity contribution in [1.82, 2.24) is 9.97 Å². The SMILES string of the molecule is CC#CC(=O)Nc1ccc2ncnc(N3CC=C4C(Cl)=CCC=C43)c2c1. The minimum absolute atomic E-state index is 0.345. The van der Waals surface area contributed by atoms with Crippen LogP contribution in [-0.4, -0.2) is 22.4 Å². The van der Waals surface area contributed by atoms with Gasteiger partial charge in [0.05, 0.1) is 5.52 Å². The van der Waals surface area contributed by atoms with E-state index in [1.54, 1.807) is 13.3 Å². The average Bonchev–Trinajstić information content (AvgIpc) is 3.07. The molecule has 2 heterocycles. The minimum atomic E-state index is -0.345. The molecule has 0 saturated carbocycles. The number of amides is 1. The van der Waals surface area contributed by atoms with Gasteiger partial charge in [0.25, 0.3) is 5.91 Å². The molecule has 0 atom stereocenters. The number of fused-ring (bicyclic) bond motifs is 2. The number of carbonyl (C=O) groups excluding carboxylic acids is 1. The van der Waals surface area contributed by atoms with Crippen molar-refractivity contribution in [3.63, 3.8) is 0 Å². The summed E-state index contributed by atoms with van der Waals surface area (Å²) in [5, 5.41) is 4.40. The van der Waals surface area contributed by atoms with Crippen molar-refractivity contribution in [3.8, 4) is 11.8 Å². The van der Waals surface area contributed by atoms with Gasteiger partial charge in [0, 0.05) is 33.9 Å². The Balaban J connectivity index is 1.75. The van der Waals surface area contributed by atoms with Crippen LogP contribution < -0.4 is 10.2 Å². The Morgan fingerprint density at radius 1 is 1.27 bits per heavy atom. The molecule has 26 heavy (non-hydrogen) atoms. The molecule has 1 aliphatic carbocycles. The van der Waals surface area contributed by atoms with Crippen LogP contribution in [0.3, 0.4) is 0 Å². The summed E-state index contributed by atoms with van der Waals surface area (Å²) < 4.78 is 0. The summed E-state index contributed by atoms with van der Waals surface area (Å²) in [6.07, 6.45) is 8.58. The van der Waals surface area contributed by atoms with Gasteiger partial charge in [-0.1, -0.05) is 35.7 Å². The van der Waals surface area contributed by atoms with Gasteiger partial charge in [-0.3, -0.25) is 4.79 Å². The van der Waals surface area contributed by atoms with E-state index in [4.69, 9.17) is 11.6 Å². The molecular weight excluding hydrogens is 348 g/mol. The van der Waals surface area contributed by atoms with Crippen molar-refractivity contribution in [2.24, 2.45) is 0 Å². The van der Waals surface area contributed by atoms with E-state index < -0.39 is 0 Å². The first kappa shape index (κ1) is 16.4. The van der Waals surface area contributed by atoms with E-state index in [0.717, 1.165) is 39.4 Å². The molecular formula is C20H15ClN4O. The Kier molecular flexibility index (Phi) is 4.19. The van der Waals surface area contributed by atoms with Crippen LogP contribution >= 0.6 is 11.6 Å². The van der Waals surface area contributed by atoms with Crippen LogP contribution in [0.25, 0.3) is 10.9 Å². The zero-order valence-corrected chi connectivity index (χ0v) is 14.8. The summed E-state index contributed by atoms with van der Waals surface area (Å²) >= 11 is 6.33. The maximum Gasteiger partial charge on any atom is 0.300 e. The minimum Gasteiger partial charge on any atom is -0.322 e. The van der Waals surface area contributed by atoms with Gasteiger partial charge in [0.2, 0.25) is 0 Å². The zero-order chi connectivity index (χ0) is 18.1. The highest BCUT2D eigenvalue weighted by Gasteiger charge is 2.26. The third kappa shape index (κ3) is 2.85. The van der Waals surface area contributed by atoms with Crippen LogP contribution in [-0.2, 0) is 4.79 Å². The molecule has 1 amide bonds. The molecule has 0 fully saturated rings. The first-order chi connectivity index (χ1) is 12.7. The molecule has 6 heteroatoms. The summed E-state index contributed by atoms with van der Waals surface area (Å²) in [5.74, 6) is 5.51. The lowest BCUT2D eigenvalue weighted by atomic mass is 10.1. The van der Waals surface area contributed by atoms with E-state index in [9.17, 15) is 4.79 Å². The molecule has 0 bridgehead atoms.